The molecule has 0 aliphatic heterocycles. The number of nitrogens with two attached hydrogens (primary N) is 1. The van der Waals surface area contributed by atoms with Gasteiger partial charge < -0.3 is 15.8 Å². The van der Waals surface area contributed by atoms with Crippen LogP contribution in [0.1, 0.15) is 16.1 Å². The van der Waals surface area contributed by atoms with Crippen molar-refractivity contribution in [2.24, 2.45) is 7.05 Å². The molecular weight excluding hydrogens is 256 g/mol. The van der Waals surface area contributed by atoms with Gasteiger partial charge in [-0.1, -0.05) is 6.07 Å². The molecule has 0 unspecified atom stereocenters. The fourth-order valence-corrected chi connectivity index (χ4v) is 1.75. The number of hydrogen-bond donors (Lipinski definition) is 2. The number of benzene rings is 1. The summed E-state index contributed by atoms with van der Waals surface area (Å²) in [4.78, 5) is 11.9. The minimum atomic E-state index is -0.147. The van der Waals surface area contributed by atoms with Crippen molar-refractivity contribution in [1.82, 2.24) is 15.1 Å². The normalized spacial score (nSPS) is 10.3. The summed E-state index contributed by atoms with van der Waals surface area (Å²) in [5.74, 6) is 0.545. The SMILES string of the molecule is Cc1c(C(=O)NCCOc2cccc(N)c2)cnn1C. The lowest BCUT2D eigenvalue weighted by Gasteiger charge is -2.08. The minimum absolute atomic E-state index is 0.147. The third-order valence-electron chi connectivity index (χ3n) is 2.99. The molecule has 0 spiro atoms. The molecule has 0 radical (unpaired) electrons. The summed E-state index contributed by atoms with van der Waals surface area (Å²) >= 11 is 0. The van der Waals surface area contributed by atoms with Crippen LogP contribution in [-0.2, 0) is 7.05 Å². The average molecular weight is 274 g/mol. The highest BCUT2D eigenvalue weighted by atomic mass is 16.5. The maximum atomic E-state index is 11.9. The molecule has 2 rings (SSSR count). The number of aromatic nitrogens is 2. The molecule has 3 N–H and O–H groups in total. The lowest BCUT2D eigenvalue weighted by atomic mass is 10.2. The van der Waals surface area contributed by atoms with E-state index in [1.54, 1.807) is 30.1 Å². The molecule has 0 bridgehead atoms. The van der Waals surface area contributed by atoms with Crippen LogP contribution in [-0.4, -0.2) is 28.8 Å². The van der Waals surface area contributed by atoms with Crippen molar-refractivity contribution in [1.29, 1.82) is 0 Å². The van der Waals surface area contributed by atoms with Crippen LogP contribution in [0.3, 0.4) is 0 Å². The van der Waals surface area contributed by atoms with Crippen LogP contribution in [0.2, 0.25) is 0 Å². The molecule has 0 saturated carbocycles. The summed E-state index contributed by atoms with van der Waals surface area (Å²) in [5, 5.41) is 6.82. The van der Waals surface area contributed by atoms with Crippen LogP contribution < -0.4 is 15.8 Å². The summed E-state index contributed by atoms with van der Waals surface area (Å²) in [6.07, 6.45) is 1.56. The molecule has 1 amide bonds. The third kappa shape index (κ3) is 3.28. The Morgan fingerprint density at radius 1 is 1.50 bits per heavy atom. The zero-order valence-electron chi connectivity index (χ0n) is 11.6. The van der Waals surface area contributed by atoms with Crippen LogP contribution >= 0.6 is 0 Å². The topological polar surface area (TPSA) is 82.2 Å². The first-order chi connectivity index (χ1) is 9.58. The number of nitrogen functional groups attached to an aromatic ring is 1. The molecule has 6 heteroatoms. The Balaban J connectivity index is 1.79. The summed E-state index contributed by atoms with van der Waals surface area (Å²) in [7, 11) is 1.80. The summed E-state index contributed by atoms with van der Waals surface area (Å²) in [6, 6.07) is 7.18. The molecule has 0 aliphatic rings. The number of carbonyl (C=O) groups is 1. The van der Waals surface area contributed by atoms with Gasteiger partial charge in [-0.25, -0.2) is 0 Å². The van der Waals surface area contributed by atoms with Crippen molar-refractivity contribution in [3.05, 3.63) is 41.7 Å². The highest BCUT2D eigenvalue weighted by Gasteiger charge is 2.11. The number of ether oxygens (including phenoxy) is 1. The molecule has 0 saturated heterocycles. The molecule has 2 aromatic rings. The average Bonchev–Trinajstić information content (AvgIpc) is 2.75. The Morgan fingerprint density at radius 3 is 2.95 bits per heavy atom. The summed E-state index contributed by atoms with van der Waals surface area (Å²) < 4.78 is 7.16. The third-order valence-corrected chi connectivity index (χ3v) is 2.99. The number of amides is 1. The number of nitrogens with zero attached hydrogens (tertiary/aromatic N) is 2. The summed E-state index contributed by atoms with van der Waals surface area (Å²) in [6.45, 7) is 2.65. The van der Waals surface area contributed by atoms with Gasteiger partial charge in [0.1, 0.15) is 12.4 Å². The van der Waals surface area contributed by atoms with Crippen LogP contribution in [0, 0.1) is 6.92 Å². The largest absolute Gasteiger partial charge is 0.492 e. The number of rotatable bonds is 5. The molecule has 1 aromatic carbocycles. The maximum Gasteiger partial charge on any atom is 0.254 e. The van der Waals surface area contributed by atoms with E-state index in [1.807, 2.05) is 19.1 Å². The molecular formula is C14H18N4O2. The van der Waals surface area contributed by atoms with Gasteiger partial charge in [-0.05, 0) is 19.1 Å². The van der Waals surface area contributed by atoms with Crippen molar-refractivity contribution >= 4 is 11.6 Å². The van der Waals surface area contributed by atoms with Gasteiger partial charge >= 0.3 is 0 Å². The molecule has 20 heavy (non-hydrogen) atoms. The van der Waals surface area contributed by atoms with Crippen LogP contribution in [0.15, 0.2) is 30.5 Å². The van der Waals surface area contributed by atoms with Gasteiger partial charge in [0, 0.05) is 24.5 Å². The van der Waals surface area contributed by atoms with Gasteiger partial charge in [-0.2, -0.15) is 5.10 Å². The first-order valence-corrected chi connectivity index (χ1v) is 6.33. The van der Waals surface area contributed by atoms with Crippen LogP contribution in [0.4, 0.5) is 5.69 Å². The van der Waals surface area contributed by atoms with Crippen molar-refractivity contribution in [3.63, 3.8) is 0 Å². The van der Waals surface area contributed by atoms with Crippen LogP contribution in [0.5, 0.6) is 5.75 Å². The van der Waals surface area contributed by atoms with E-state index in [-0.39, 0.29) is 5.91 Å². The lowest BCUT2D eigenvalue weighted by Crippen LogP contribution is -2.28. The molecule has 6 nitrogen and oxygen atoms in total. The fourth-order valence-electron chi connectivity index (χ4n) is 1.75. The van der Waals surface area contributed by atoms with E-state index in [0.29, 0.717) is 30.2 Å². The second-order valence-corrected chi connectivity index (χ2v) is 4.44. The van der Waals surface area contributed by atoms with E-state index in [9.17, 15) is 4.79 Å². The first-order valence-electron chi connectivity index (χ1n) is 6.33. The van der Waals surface area contributed by atoms with E-state index in [1.165, 1.54) is 0 Å². The van der Waals surface area contributed by atoms with Gasteiger partial charge in [0.2, 0.25) is 0 Å². The van der Waals surface area contributed by atoms with Crippen molar-refractivity contribution < 1.29 is 9.53 Å². The first kappa shape index (κ1) is 13.9. The Kier molecular flexibility index (Phi) is 4.24. The van der Waals surface area contributed by atoms with Gasteiger partial charge in [0.15, 0.2) is 0 Å². The molecule has 1 heterocycles. The molecule has 106 valence electrons. The van der Waals surface area contributed by atoms with Gasteiger partial charge in [-0.3, -0.25) is 9.48 Å². The predicted molar refractivity (Wildman–Crippen MR) is 76.6 cm³/mol. The van der Waals surface area contributed by atoms with Crippen molar-refractivity contribution in [3.8, 4) is 5.75 Å². The Hall–Kier alpha value is -2.50. The molecule has 0 fully saturated rings. The number of aryl methyl sites for hydroxylation is 1. The zero-order chi connectivity index (χ0) is 14.5. The highest BCUT2D eigenvalue weighted by molar-refractivity contribution is 5.94. The van der Waals surface area contributed by atoms with Crippen LogP contribution in [0.25, 0.3) is 0 Å². The zero-order valence-corrected chi connectivity index (χ0v) is 11.6. The Bertz CT molecular complexity index is 607. The standard InChI is InChI=1S/C14H18N4O2/c1-10-13(9-17-18(10)2)14(19)16-6-7-20-12-5-3-4-11(15)8-12/h3-5,8-9H,6-7,15H2,1-2H3,(H,16,19). The second kappa shape index (κ2) is 6.10. The second-order valence-electron chi connectivity index (χ2n) is 4.44. The highest BCUT2D eigenvalue weighted by Crippen LogP contribution is 2.13. The number of anilines is 1. The minimum Gasteiger partial charge on any atom is -0.492 e. The van der Waals surface area contributed by atoms with E-state index in [2.05, 4.69) is 10.4 Å². The molecule has 1 aromatic heterocycles. The predicted octanol–water partition coefficient (Wildman–Crippen LogP) is 1.12. The van der Waals surface area contributed by atoms with Crippen molar-refractivity contribution in [2.45, 2.75) is 6.92 Å². The summed E-state index contributed by atoms with van der Waals surface area (Å²) in [5.41, 5.74) is 7.71. The lowest BCUT2D eigenvalue weighted by molar-refractivity contribution is 0.0946. The Morgan fingerprint density at radius 2 is 2.30 bits per heavy atom. The monoisotopic (exact) mass is 274 g/mol. The van der Waals surface area contributed by atoms with E-state index in [4.69, 9.17) is 10.5 Å². The molecule has 0 atom stereocenters. The Labute approximate surface area is 117 Å². The number of hydrogen-bond acceptors (Lipinski definition) is 4. The number of carbonyl (C=O) groups excluding carboxylic acids is 1. The quantitative estimate of drug-likeness (QED) is 0.632. The van der Waals surface area contributed by atoms with Crippen molar-refractivity contribution in [2.75, 3.05) is 18.9 Å². The van der Waals surface area contributed by atoms with E-state index in [0.717, 1.165) is 5.69 Å². The van der Waals surface area contributed by atoms with E-state index >= 15 is 0 Å². The smallest absolute Gasteiger partial charge is 0.254 e. The van der Waals surface area contributed by atoms with Gasteiger partial charge in [-0.15, -0.1) is 0 Å². The van der Waals surface area contributed by atoms with E-state index < -0.39 is 0 Å². The number of nitrogens with one attached hydrogen (secondary N) is 1. The maximum absolute atomic E-state index is 11.9. The molecule has 0 aliphatic carbocycles. The fraction of sp³-hybridized carbons (Fsp3) is 0.286. The van der Waals surface area contributed by atoms with Gasteiger partial charge in [0.25, 0.3) is 5.91 Å². The van der Waals surface area contributed by atoms with Gasteiger partial charge in [0.05, 0.1) is 18.3 Å².